The number of aliphatic carboxylic acids is 2. The highest BCUT2D eigenvalue weighted by atomic mass is 16.4. The Hall–Kier alpha value is -3.61. The number of rotatable bonds is 10. The highest BCUT2D eigenvalue weighted by molar-refractivity contribution is 6.12. The van der Waals surface area contributed by atoms with Crippen LogP contribution in [0.2, 0.25) is 0 Å². The van der Waals surface area contributed by atoms with E-state index in [9.17, 15) is 34.2 Å². The van der Waals surface area contributed by atoms with Crippen LogP contribution in [-0.2, 0) is 25.7 Å². The average Bonchev–Trinajstić information content (AvgIpc) is 3.18. The van der Waals surface area contributed by atoms with E-state index < -0.39 is 23.8 Å². The molecule has 1 aromatic rings. The normalized spacial score (nSPS) is 18.1. The van der Waals surface area contributed by atoms with Crippen LogP contribution in [0, 0.1) is 0 Å². The van der Waals surface area contributed by atoms with Gasteiger partial charge < -0.3 is 15.5 Å². The van der Waals surface area contributed by atoms with Crippen molar-refractivity contribution in [3.63, 3.8) is 0 Å². The van der Waals surface area contributed by atoms with E-state index in [2.05, 4.69) is 10.2 Å². The van der Waals surface area contributed by atoms with Gasteiger partial charge in [0.05, 0.1) is 13.1 Å². The van der Waals surface area contributed by atoms with Crippen molar-refractivity contribution in [3.8, 4) is 0 Å². The Morgan fingerprint density at radius 3 is 1.69 bits per heavy atom. The summed E-state index contributed by atoms with van der Waals surface area (Å²) in [6, 6.07) is 7.07. The Morgan fingerprint density at radius 2 is 1.22 bits per heavy atom. The Kier molecular flexibility index (Phi) is 9.68. The number of hydrogen-bond donors (Lipinski definition) is 3. The molecule has 0 spiro atoms. The molecular weight excluding hydrogens is 470 g/mol. The Balaban J connectivity index is 1.54. The molecule has 194 valence electrons. The van der Waals surface area contributed by atoms with E-state index in [1.807, 2.05) is 21.9 Å². The number of imide groups is 1. The monoisotopic (exact) mass is 501 g/mol. The second-order valence-electron chi connectivity index (χ2n) is 8.73. The molecule has 3 rings (SSSR count). The van der Waals surface area contributed by atoms with Crippen LogP contribution in [-0.4, -0.2) is 125 Å². The summed E-state index contributed by atoms with van der Waals surface area (Å²) in [5.74, 6) is -2.94. The van der Waals surface area contributed by atoms with Gasteiger partial charge in [-0.05, 0) is 17.7 Å². The average molecular weight is 502 g/mol. The van der Waals surface area contributed by atoms with Crippen molar-refractivity contribution in [2.45, 2.75) is 6.54 Å². The zero-order chi connectivity index (χ0) is 26.1. The van der Waals surface area contributed by atoms with E-state index in [4.69, 9.17) is 0 Å². The highest BCUT2D eigenvalue weighted by Crippen LogP contribution is 2.10. The molecular formula is C24H31N5O7. The van der Waals surface area contributed by atoms with E-state index in [-0.39, 0.29) is 32.1 Å². The first-order valence-corrected chi connectivity index (χ1v) is 11.7. The van der Waals surface area contributed by atoms with E-state index in [0.29, 0.717) is 51.4 Å². The fourth-order valence-corrected chi connectivity index (χ4v) is 4.10. The second kappa shape index (κ2) is 12.9. The molecule has 12 heteroatoms. The van der Waals surface area contributed by atoms with Gasteiger partial charge in [0.2, 0.25) is 0 Å². The van der Waals surface area contributed by atoms with Crippen LogP contribution in [0.25, 0.3) is 0 Å². The first-order chi connectivity index (χ1) is 17.2. The largest absolute Gasteiger partial charge is 0.480 e. The third-order valence-corrected chi connectivity index (χ3v) is 6.06. The lowest BCUT2D eigenvalue weighted by Crippen LogP contribution is -2.40. The molecule has 2 aliphatic heterocycles. The third kappa shape index (κ3) is 8.26. The molecule has 2 heterocycles. The minimum Gasteiger partial charge on any atom is -0.480 e. The lowest BCUT2D eigenvalue weighted by Gasteiger charge is -2.25. The molecule has 36 heavy (non-hydrogen) atoms. The predicted octanol–water partition coefficient (Wildman–Crippen LogP) is -1.07. The summed E-state index contributed by atoms with van der Waals surface area (Å²) in [4.78, 5) is 64.8. The number of benzene rings is 1. The van der Waals surface area contributed by atoms with Gasteiger partial charge in [-0.1, -0.05) is 12.1 Å². The number of hydrogen-bond acceptors (Lipinski definition) is 8. The maximum Gasteiger partial charge on any atom is 0.317 e. The maximum absolute atomic E-state index is 12.4. The van der Waals surface area contributed by atoms with Gasteiger partial charge >= 0.3 is 11.9 Å². The number of amides is 3. The van der Waals surface area contributed by atoms with Gasteiger partial charge in [-0.15, -0.1) is 0 Å². The molecule has 3 N–H and O–H groups in total. The molecule has 0 aliphatic carbocycles. The molecule has 0 radical (unpaired) electrons. The maximum atomic E-state index is 12.4. The van der Waals surface area contributed by atoms with Gasteiger partial charge in [-0.3, -0.25) is 43.6 Å². The van der Waals surface area contributed by atoms with E-state index in [1.54, 1.807) is 12.1 Å². The zero-order valence-corrected chi connectivity index (χ0v) is 20.0. The third-order valence-electron chi connectivity index (χ3n) is 6.06. The second-order valence-corrected chi connectivity index (χ2v) is 8.73. The van der Waals surface area contributed by atoms with Crippen molar-refractivity contribution in [1.29, 1.82) is 0 Å². The summed E-state index contributed by atoms with van der Waals surface area (Å²) in [5.41, 5.74) is 1.40. The van der Waals surface area contributed by atoms with Crippen molar-refractivity contribution in [1.82, 2.24) is 24.9 Å². The quantitative estimate of drug-likeness (QED) is 0.338. The summed E-state index contributed by atoms with van der Waals surface area (Å²) in [6.45, 7) is 3.91. The van der Waals surface area contributed by atoms with Crippen LogP contribution in [0.5, 0.6) is 0 Å². The standard InChI is InChI=1S/C24H31N5O7/c30-20-5-6-21(31)29(20)8-7-25-24(36)19-3-1-18(2-4-19)15-26-9-11-27(16-22(32)33)13-14-28(12-10-26)17-23(34)35/h1-6H,7-17H2,(H,25,36)(H,32,33)(H,34,35). The van der Waals surface area contributed by atoms with Crippen LogP contribution in [0.3, 0.4) is 0 Å². The molecule has 12 nitrogen and oxygen atoms in total. The molecule has 1 fully saturated rings. The first kappa shape index (κ1) is 27.0. The van der Waals surface area contributed by atoms with Crippen LogP contribution in [0.4, 0.5) is 0 Å². The number of nitrogens with one attached hydrogen (secondary N) is 1. The molecule has 2 aliphatic rings. The Morgan fingerprint density at radius 1 is 0.750 bits per heavy atom. The molecule has 0 bridgehead atoms. The minimum atomic E-state index is -0.922. The van der Waals surface area contributed by atoms with Crippen LogP contribution in [0.15, 0.2) is 36.4 Å². The Bertz CT molecular complexity index is 965. The summed E-state index contributed by atoms with van der Waals surface area (Å²) in [7, 11) is 0. The van der Waals surface area contributed by atoms with Crippen LogP contribution in [0.1, 0.15) is 15.9 Å². The number of carbonyl (C=O) groups is 5. The topological polar surface area (TPSA) is 151 Å². The first-order valence-electron chi connectivity index (χ1n) is 11.7. The summed E-state index contributed by atoms with van der Waals surface area (Å²) < 4.78 is 0. The van der Waals surface area contributed by atoms with Gasteiger partial charge in [-0.25, -0.2) is 0 Å². The molecule has 1 aromatic carbocycles. The van der Waals surface area contributed by atoms with E-state index >= 15 is 0 Å². The molecule has 0 atom stereocenters. The van der Waals surface area contributed by atoms with Crippen LogP contribution >= 0.6 is 0 Å². The van der Waals surface area contributed by atoms with Crippen LogP contribution < -0.4 is 5.32 Å². The van der Waals surface area contributed by atoms with Crippen molar-refractivity contribution in [3.05, 3.63) is 47.5 Å². The van der Waals surface area contributed by atoms with Gasteiger partial charge in [0, 0.05) is 76.6 Å². The molecule has 0 unspecified atom stereocenters. The lowest BCUT2D eigenvalue weighted by atomic mass is 10.1. The van der Waals surface area contributed by atoms with Gasteiger partial charge in [0.25, 0.3) is 17.7 Å². The van der Waals surface area contributed by atoms with E-state index in [0.717, 1.165) is 10.5 Å². The smallest absolute Gasteiger partial charge is 0.317 e. The SMILES string of the molecule is O=C(O)CN1CCN(CC(=O)O)CCN(Cc2ccc(C(=O)NCCN3C(=O)C=CC3=O)cc2)CC1. The molecule has 1 saturated heterocycles. The predicted molar refractivity (Wildman–Crippen MR) is 128 cm³/mol. The highest BCUT2D eigenvalue weighted by Gasteiger charge is 2.23. The minimum absolute atomic E-state index is 0.0985. The van der Waals surface area contributed by atoms with Crippen molar-refractivity contribution < 1.29 is 34.2 Å². The lowest BCUT2D eigenvalue weighted by molar-refractivity contribution is -0.140. The summed E-state index contributed by atoms with van der Waals surface area (Å²) in [5, 5.41) is 21.1. The molecule has 0 aromatic heterocycles. The number of carboxylic acids is 2. The summed E-state index contributed by atoms with van der Waals surface area (Å²) >= 11 is 0. The zero-order valence-electron chi connectivity index (χ0n) is 20.0. The van der Waals surface area contributed by atoms with Crippen molar-refractivity contribution >= 4 is 29.7 Å². The van der Waals surface area contributed by atoms with Gasteiger partial charge in [0.1, 0.15) is 0 Å². The molecule has 3 amide bonds. The number of carbonyl (C=O) groups excluding carboxylic acids is 3. The fourth-order valence-electron chi connectivity index (χ4n) is 4.10. The van der Waals surface area contributed by atoms with Gasteiger partial charge in [0.15, 0.2) is 0 Å². The number of carboxylic acid groups (broad SMARTS) is 2. The molecule has 0 saturated carbocycles. The van der Waals surface area contributed by atoms with Crippen molar-refractivity contribution in [2.75, 3.05) is 65.4 Å². The Labute approximate surface area is 208 Å². The van der Waals surface area contributed by atoms with Crippen molar-refractivity contribution in [2.24, 2.45) is 0 Å². The van der Waals surface area contributed by atoms with E-state index in [1.165, 1.54) is 12.2 Å². The van der Waals surface area contributed by atoms with Gasteiger partial charge in [-0.2, -0.15) is 0 Å². The number of nitrogens with zero attached hydrogens (tertiary/aromatic N) is 4. The fraction of sp³-hybridized carbons (Fsp3) is 0.458. The summed E-state index contributed by atoms with van der Waals surface area (Å²) in [6.07, 6.45) is 2.40.